The summed E-state index contributed by atoms with van der Waals surface area (Å²) in [6.07, 6.45) is 1.82. The normalized spacial score (nSPS) is 13.6. The van der Waals surface area contributed by atoms with Gasteiger partial charge in [0.1, 0.15) is 0 Å². The highest BCUT2D eigenvalue weighted by Crippen LogP contribution is 2.34. The maximum absolute atomic E-state index is 6.46. The van der Waals surface area contributed by atoms with Crippen molar-refractivity contribution in [2.75, 3.05) is 0 Å². The molecule has 0 aliphatic carbocycles. The highest BCUT2D eigenvalue weighted by Gasteiger charge is 2.31. The van der Waals surface area contributed by atoms with Crippen LogP contribution in [0.15, 0.2) is 42.6 Å². The van der Waals surface area contributed by atoms with Gasteiger partial charge < -0.3 is 5.73 Å². The minimum Gasteiger partial charge on any atom is -0.322 e. The van der Waals surface area contributed by atoms with Gasteiger partial charge in [-0.15, -0.1) is 0 Å². The molecular formula is C15H21N3. The van der Waals surface area contributed by atoms with E-state index in [9.17, 15) is 0 Å². The molecule has 0 aliphatic rings. The largest absolute Gasteiger partial charge is 0.322 e. The van der Waals surface area contributed by atoms with Crippen LogP contribution in [0.5, 0.6) is 0 Å². The van der Waals surface area contributed by atoms with Gasteiger partial charge in [0.25, 0.3) is 0 Å². The third kappa shape index (κ3) is 2.18. The molecule has 0 saturated carbocycles. The zero-order valence-electron chi connectivity index (χ0n) is 11.3. The Labute approximate surface area is 109 Å². The first-order valence-corrected chi connectivity index (χ1v) is 6.40. The van der Waals surface area contributed by atoms with Crippen LogP contribution < -0.4 is 5.73 Å². The molecule has 1 unspecified atom stereocenters. The van der Waals surface area contributed by atoms with E-state index in [1.54, 1.807) is 0 Å². The zero-order valence-corrected chi connectivity index (χ0v) is 11.3. The fraction of sp³-hybridized carbons (Fsp3) is 0.400. The number of aromatic nitrogens is 2. The molecule has 0 radical (unpaired) electrons. The predicted molar refractivity (Wildman–Crippen MR) is 74.3 cm³/mol. The molecule has 3 heteroatoms. The van der Waals surface area contributed by atoms with Gasteiger partial charge >= 0.3 is 0 Å². The Kier molecular flexibility index (Phi) is 3.53. The first-order chi connectivity index (χ1) is 8.57. The summed E-state index contributed by atoms with van der Waals surface area (Å²) in [6.45, 7) is 7.29. The van der Waals surface area contributed by atoms with Crippen LogP contribution in [0, 0.1) is 0 Å². The minimum atomic E-state index is -0.117. The van der Waals surface area contributed by atoms with E-state index in [1.807, 2.05) is 23.0 Å². The fourth-order valence-electron chi connectivity index (χ4n) is 2.29. The summed E-state index contributed by atoms with van der Waals surface area (Å²) in [5, 5.41) is 4.30. The van der Waals surface area contributed by atoms with Gasteiger partial charge in [0.15, 0.2) is 0 Å². The average Bonchev–Trinajstić information content (AvgIpc) is 2.87. The zero-order chi connectivity index (χ0) is 13.2. The molecule has 0 spiro atoms. The monoisotopic (exact) mass is 243 g/mol. The van der Waals surface area contributed by atoms with Crippen molar-refractivity contribution in [3.63, 3.8) is 0 Å². The van der Waals surface area contributed by atoms with Crippen molar-refractivity contribution in [1.29, 1.82) is 0 Å². The Morgan fingerprint density at radius 3 is 2.50 bits per heavy atom. The molecular weight excluding hydrogens is 222 g/mol. The molecule has 0 saturated heterocycles. The molecule has 1 atom stereocenters. The summed E-state index contributed by atoms with van der Waals surface area (Å²) in [5.74, 6) is 0. The predicted octanol–water partition coefficient (Wildman–Crippen LogP) is 2.88. The van der Waals surface area contributed by atoms with Gasteiger partial charge in [0, 0.05) is 18.2 Å². The molecule has 0 bridgehead atoms. The van der Waals surface area contributed by atoms with Crippen molar-refractivity contribution >= 4 is 0 Å². The SMILES string of the molecule is CCn1nccc1C(N)C(C)(C)c1ccccc1. The Bertz CT molecular complexity index is 499. The van der Waals surface area contributed by atoms with Crippen LogP contribution >= 0.6 is 0 Å². The summed E-state index contributed by atoms with van der Waals surface area (Å²) in [6, 6.07) is 12.4. The molecule has 18 heavy (non-hydrogen) atoms. The van der Waals surface area contributed by atoms with Crippen LogP contribution in [0.2, 0.25) is 0 Å². The van der Waals surface area contributed by atoms with Gasteiger partial charge in [-0.2, -0.15) is 5.10 Å². The van der Waals surface area contributed by atoms with Gasteiger partial charge in [0.2, 0.25) is 0 Å². The molecule has 2 N–H and O–H groups in total. The van der Waals surface area contributed by atoms with Crippen LogP contribution in [0.25, 0.3) is 0 Å². The fourth-order valence-corrected chi connectivity index (χ4v) is 2.29. The van der Waals surface area contributed by atoms with Gasteiger partial charge in [-0.25, -0.2) is 0 Å². The van der Waals surface area contributed by atoms with E-state index in [0.29, 0.717) is 0 Å². The van der Waals surface area contributed by atoms with Crippen molar-refractivity contribution in [2.45, 2.75) is 38.8 Å². The van der Waals surface area contributed by atoms with E-state index < -0.39 is 0 Å². The van der Waals surface area contributed by atoms with Crippen molar-refractivity contribution in [3.8, 4) is 0 Å². The highest BCUT2D eigenvalue weighted by molar-refractivity contribution is 5.28. The Balaban J connectivity index is 2.36. The van der Waals surface area contributed by atoms with Gasteiger partial charge in [0.05, 0.1) is 11.7 Å². The number of hydrogen-bond donors (Lipinski definition) is 1. The average molecular weight is 243 g/mol. The van der Waals surface area contributed by atoms with Crippen molar-refractivity contribution in [1.82, 2.24) is 9.78 Å². The van der Waals surface area contributed by atoms with E-state index in [2.05, 4.69) is 50.1 Å². The van der Waals surface area contributed by atoms with Crippen LogP contribution in [-0.2, 0) is 12.0 Å². The lowest BCUT2D eigenvalue weighted by molar-refractivity contribution is 0.394. The molecule has 0 aliphatic heterocycles. The third-order valence-corrected chi connectivity index (χ3v) is 3.66. The Hall–Kier alpha value is -1.61. The maximum atomic E-state index is 6.46. The lowest BCUT2D eigenvalue weighted by atomic mass is 9.77. The quantitative estimate of drug-likeness (QED) is 0.897. The van der Waals surface area contributed by atoms with E-state index in [4.69, 9.17) is 5.73 Å². The summed E-state index contributed by atoms with van der Waals surface area (Å²) in [5.41, 5.74) is 8.69. The molecule has 2 rings (SSSR count). The molecule has 0 fully saturated rings. The summed E-state index contributed by atoms with van der Waals surface area (Å²) < 4.78 is 1.97. The second kappa shape index (κ2) is 4.94. The van der Waals surface area contributed by atoms with E-state index in [-0.39, 0.29) is 11.5 Å². The smallest absolute Gasteiger partial charge is 0.0560 e. The lowest BCUT2D eigenvalue weighted by Crippen LogP contribution is -2.34. The number of nitrogens with zero attached hydrogens (tertiary/aromatic N) is 2. The van der Waals surface area contributed by atoms with E-state index in [1.165, 1.54) is 5.56 Å². The van der Waals surface area contributed by atoms with Crippen LogP contribution in [-0.4, -0.2) is 9.78 Å². The molecule has 3 nitrogen and oxygen atoms in total. The molecule has 1 heterocycles. The lowest BCUT2D eigenvalue weighted by Gasteiger charge is -2.32. The topological polar surface area (TPSA) is 43.8 Å². The second-order valence-corrected chi connectivity index (χ2v) is 5.14. The van der Waals surface area contributed by atoms with E-state index >= 15 is 0 Å². The van der Waals surface area contributed by atoms with Crippen LogP contribution in [0.3, 0.4) is 0 Å². The van der Waals surface area contributed by atoms with E-state index in [0.717, 1.165) is 12.2 Å². The molecule has 96 valence electrons. The molecule has 2 aromatic rings. The van der Waals surface area contributed by atoms with Crippen LogP contribution in [0.1, 0.15) is 38.1 Å². The van der Waals surface area contributed by atoms with Crippen molar-refractivity contribution < 1.29 is 0 Å². The Morgan fingerprint density at radius 2 is 1.89 bits per heavy atom. The highest BCUT2D eigenvalue weighted by atomic mass is 15.3. The summed E-state index contributed by atoms with van der Waals surface area (Å²) >= 11 is 0. The van der Waals surface area contributed by atoms with Gasteiger partial charge in [-0.1, -0.05) is 44.2 Å². The second-order valence-electron chi connectivity index (χ2n) is 5.14. The van der Waals surface area contributed by atoms with Crippen molar-refractivity contribution in [2.24, 2.45) is 5.73 Å². The minimum absolute atomic E-state index is 0.0673. The molecule has 1 aromatic carbocycles. The number of nitrogens with two attached hydrogens (primary N) is 1. The molecule has 0 amide bonds. The Morgan fingerprint density at radius 1 is 1.22 bits per heavy atom. The third-order valence-electron chi connectivity index (χ3n) is 3.66. The standard InChI is InChI=1S/C15H21N3/c1-4-18-13(10-11-17-18)14(16)15(2,3)12-8-6-5-7-9-12/h5-11,14H,4,16H2,1-3H3. The number of aryl methyl sites for hydroxylation is 1. The molecule has 1 aromatic heterocycles. The number of hydrogen-bond acceptors (Lipinski definition) is 2. The first-order valence-electron chi connectivity index (χ1n) is 6.40. The van der Waals surface area contributed by atoms with Gasteiger partial charge in [-0.05, 0) is 18.6 Å². The van der Waals surface area contributed by atoms with Crippen LogP contribution in [0.4, 0.5) is 0 Å². The number of rotatable bonds is 4. The first kappa shape index (κ1) is 12.8. The number of benzene rings is 1. The summed E-state index contributed by atoms with van der Waals surface area (Å²) in [7, 11) is 0. The summed E-state index contributed by atoms with van der Waals surface area (Å²) in [4.78, 5) is 0. The maximum Gasteiger partial charge on any atom is 0.0560 e. The van der Waals surface area contributed by atoms with Crippen molar-refractivity contribution in [3.05, 3.63) is 53.9 Å². The van der Waals surface area contributed by atoms with Gasteiger partial charge in [-0.3, -0.25) is 4.68 Å².